The maximum Gasteiger partial charge on any atom is 0.239 e. The van der Waals surface area contributed by atoms with E-state index >= 15 is 0 Å². The molecule has 1 saturated heterocycles. The van der Waals surface area contributed by atoms with Gasteiger partial charge in [-0.25, -0.2) is 0 Å². The second-order valence-corrected chi connectivity index (χ2v) is 6.71. The molecule has 3 heteroatoms. The van der Waals surface area contributed by atoms with Crippen LogP contribution in [0.3, 0.4) is 0 Å². The van der Waals surface area contributed by atoms with Crippen molar-refractivity contribution in [2.24, 2.45) is 17.1 Å². The third kappa shape index (κ3) is 4.27. The van der Waals surface area contributed by atoms with Gasteiger partial charge < -0.3 is 10.6 Å². The van der Waals surface area contributed by atoms with E-state index in [-0.39, 0.29) is 11.9 Å². The van der Waals surface area contributed by atoms with E-state index < -0.39 is 0 Å². The molecule has 0 aromatic rings. The maximum absolute atomic E-state index is 12.2. The van der Waals surface area contributed by atoms with Gasteiger partial charge in [0.1, 0.15) is 0 Å². The average molecular weight is 254 g/mol. The van der Waals surface area contributed by atoms with Gasteiger partial charge in [0.25, 0.3) is 0 Å². The Balaban J connectivity index is 2.54. The molecular formula is C15H30N2O. The number of nitrogens with zero attached hydrogens (tertiary/aromatic N) is 1. The van der Waals surface area contributed by atoms with Crippen molar-refractivity contribution >= 4 is 5.91 Å². The fourth-order valence-electron chi connectivity index (χ4n) is 2.85. The van der Waals surface area contributed by atoms with Gasteiger partial charge in [-0.2, -0.15) is 0 Å². The van der Waals surface area contributed by atoms with Gasteiger partial charge in [0.15, 0.2) is 0 Å². The van der Waals surface area contributed by atoms with Gasteiger partial charge in [-0.1, -0.05) is 34.1 Å². The molecule has 1 rings (SSSR count). The standard InChI is InChI=1S/C15H30N2O/c1-5-7-13(16)14(18)17-10-6-8-12(9-11-17)15(2,3)4/h12-13H,5-11,16H2,1-4H3/t12?,13-/m0/s1. The molecule has 1 aliphatic heterocycles. The van der Waals surface area contributed by atoms with E-state index in [1.807, 2.05) is 4.90 Å². The SMILES string of the molecule is CCC[C@H](N)C(=O)N1CCCC(C(C)(C)C)CC1. The van der Waals surface area contributed by atoms with Crippen LogP contribution in [0.4, 0.5) is 0 Å². The van der Waals surface area contributed by atoms with Crippen molar-refractivity contribution in [2.75, 3.05) is 13.1 Å². The van der Waals surface area contributed by atoms with Crippen molar-refractivity contribution in [3.63, 3.8) is 0 Å². The Hall–Kier alpha value is -0.570. The zero-order valence-electron chi connectivity index (χ0n) is 12.5. The Labute approximate surface area is 112 Å². The molecule has 0 aromatic carbocycles. The summed E-state index contributed by atoms with van der Waals surface area (Å²) in [5.41, 5.74) is 6.29. The third-order valence-corrected chi connectivity index (χ3v) is 4.18. The molecule has 0 bridgehead atoms. The van der Waals surface area contributed by atoms with E-state index in [2.05, 4.69) is 27.7 Å². The average Bonchev–Trinajstić information content (AvgIpc) is 2.53. The predicted molar refractivity (Wildman–Crippen MR) is 76.3 cm³/mol. The van der Waals surface area contributed by atoms with Crippen LogP contribution in [0.15, 0.2) is 0 Å². The zero-order valence-corrected chi connectivity index (χ0v) is 12.5. The van der Waals surface area contributed by atoms with Crippen LogP contribution in [0.1, 0.15) is 59.8 Å². The van der Waals surface area contributed by atoms with Crippen LogP contribution in [-0.4, -0.2) is 29.9 Å². The van der Waals surface area contributed by atoms with Crippen LogP contribution in [0.25, 0.3) is 0 Å². The Kier molecular flexibility index (Phi) is 5.64. The first kappa shape index (κ1) is 15.5. The monoisotopic (exact) mass is 254 g/mol. The first-order valence-corrected chi connectivity index (χ1v) is 7.40. The lowest BCUT2D eigenvalue weighted by molar-refractivity contribution is -0.132. The molecule has 0 aliphatic carbocycles. The van der Waals surface area contributed by atoms with Crippen LogP contribution in [0.2, 0.25) is 0 Å². The number of amides is 1. The lowest BCUT2D eigenvalue weighted by Crippen LogP contribution is -2.44. The van der Waals surface area contributed by atoms with Crippen molar-refractivity contribution in [3.8, 4) is 0 Å². The second-order valence-electron chi connectivity index (χ2n) is 6.71. The summed E-state index contributed by atoms with van der Waals surface area (Å²) in [5, 5.41) is 0. The Morgan fingerprint density at radius 3 is 2.56 bits per heavy atom. The Morgan fingerprint density at radius 2 is 2.00 bits per heavy atom. The molecule has 1 aliphatic rings. The first-order valence-electron chi connectivity index (χ1n) is 7.40. The number of carbonyl (C=O) groups is 1. The van der Waals surface area contributed by atoms with Gasteiger partial charge in [0, 0.05) is 13.1 Å². The minimum absolute atomic E-state index is 0.159. The summed E-state index contributed by atoms with van der Waals surface area (Å²) in [7, 11) is 0. The molecule has 1 unspecified atom stereocenters. The molecule has 0 spiro atoms. The van der Waals surface area contributed by atoms with E-state index in [4.69, 9.17) is 5.73 Å². The molecule has 0 radical (unpaired) electrons. The largest absolute Gasteiger partial charge is 0.341 e. The molecule has 106 valence electrons. The zero-order chi connectivity index (χ0) is 13.8. The van der Waals surface area contributed by atoms with Gasteiger partial charge in [-0.15, -0.1) is 0 Å². The number of likely N-dealkylation sites (tertiary alicyclic amines) is 1. The lowest BCUT2D eigenvalue weighted by atomic mass is 9.77. The minimum Gasteiger partial charge on any atom is -0.341 e. The topological polar surface area (TPSA) is 46.3 Å². The molecule has 1 heterocycles. The highest BCUT2D eigenvalue weighted by atomic mass is 16.2. The Bertz CT molecular complexity index is 270. The summed E-state index contributed by atoms with van der Waals surface area (Å²) >= 11 is 0. The second kappa shape index (κ2) is 6.55. The fraction of sp³-hybridized carbons (Fsp3) is 0.933. The molecule has 0 saturated carbocycles. The summed E-state index contributed by atoms with van der Waals surface area (Å²) in [6, 6.07) is -0.291. The molecule has 3 nitrogen and oxygen atoms in total. The van der Waals surface area contributed by atoms with Crippen molar-refractivity contribution in [1.29, 1.82) is 0 Å². The number of nitrogens with two attached hydrogens (primary N) is 1. The fourth-order valence-corrected chi connectivity index (χ4v) is 2.85. The maximum atomic E-state index is 12.2. The molecule has 0 aromatic heterocycles. The van der Waals surface area contributed by atoms with Gasteiger partial charge in [0.05, 0.1) is 6.04 Å². The number of carbonyl (C=O) groups excluding carboxylic acids is 1. The smallest absolute Gasteiger partial charge is 0.239 e. The first-order chi connectivity index (χ1) is 8.36. The predicted octanol–water partition coefficient (Wildman–Crippen LogP) is 2.79. The van der Waals surface area contributed by atoms with Crippen LogP contribution in [0, 0.1) is 11.3 Å². The van der Waals surface area contributed by atoms with Crippen LogP contribution < -0.4 is 5.73 Å². The highest BCUT2D eigenvalue weighted by Gasteiger charge is 2.29. The number of hydrogen-bond donors (Lipinski definition) is 1. The summed E-state index contributed by atoms with van der Waals surface area (Å²) in [6.07, 6.45) is 5.25. The van der Waals surface area contributed by atoms with Gasteiger partial charge in [-0.3, -0.25) is 4.79 Å². The van der Waals surface area contributed by atoms with Crippen molar-refractivity contribution in [2.45, 2.75) is 65.8 Å². The van der Waals surface area contributed by atoms with Crippen LogP contribution in [-0.2, 0) is 4.79 Å². The molecule has 1 fully saturated rings. The molecule has 2 N–H and O–H groups in total. The molecule has 18 heavy (non-hydrogen) atoms. The highest BCUT2D eigenvalue weighted by molar-refractivity contribution is 5.81. The summed E-state index contributed by atoms with van der Waals surface area (Å²) in [5.74, 6) is 0.879. The van der Waals surface area contributed by atoms with E-state index in [1.165, 1.54) is 6.42 Å². The molecular weight excluding hydrogens is 224 g/mol. The third-order valence-electron chi connectivity index (χ3n) is 4.18. The van der Waals surface area contributed by atoms with Crippen LogP contribution >= 0.6 is 0 Å². The number of rotatable bonds is 3. The van der Waals surface area contributed by atoms with E-state index in [1.54, 1.807) is 0 Å². The molecule has 1 amide bonds. The molecule has 2 atom stereocenters. The highest BCUT2D eigenvalue weighted by Crippen LogP contribution is 2.34. The van der Waals surface area contributed by atoms with Crippen molar-refractivity contribution < 1.29 is 4.79 Å². The van der Waals surface area contributed by atoms with Gasteiger partial charge >= 0.3 is 0 Å². The van der Waals surface area contributed by atoms with Crippen LogP contribution in [0.5, 0.6) is 0 Å². The van der Waals surface area contributed by atoms with E-state index in [9.17, 15) is 4.79 Å². The summed E-state index contributed by atoms with van der Waals surface area (Å²) in [4.78, 5) is 14.2. The lowest BCUT2D eigenvalue weighted by Gasteiger charge is -2.30. The normalized spacial score (nSPS) is 23.6. The van der Waals surface area contributed by atoms with Gasteiger partial charge in [0.2, 0.25) is 5.91 Å². The summed E-state index contributed by atoms with van der Waals surface area (Å²) < 4.78 is 0. The van der Waals surface area contributed by atoms with E-state index in [0.29, 0.717) is 5.41 Å². The van der Waals surface area contributed by atoms with Crippen molar-refractivity contribution in [1.82, 2.24) is 4.90 Å². The minimum atomic E-state index is -0.291. The summed E-state index contributed by atoms with van der Waals surface area (Å²) in [6.45, 7) is 10.8. The van der Waals surface area contributed by atoms with Crippen molar-refractivity contribution in [3.05, 3.63) is 0 Å². The Morgan fingerprint density at radius 1 is 1.33 bits per heavy atom. The number of hydrogen-bond acceptors (Lipinski definition) is 2. The van der Waals surface area contributed by atoms with Gasteiger partial charge in [-0.05, 0) is 37.0 Å². The van der Waals surface area contributed by atoms with E-state index in [0.717, 1.165) is 44.7 Å². The quantitative estimate of drug-likeness (QED) is 0.842.